The van der Waals surface area contributed by atoms with Gasteiger partial charge in [0.05, 0.1) is 18.7 Å². The van der Waals surface area contributed by atoms with E-state index in [1.54, 1.807) is 18.1 Å². The number of likely N-dealkylation sites (N-methyl/N-ethyl adjacent to an activating group) is 1. The number of aliphatic hydroxyl groups excluding tert-OH is 1. The zero-order chi connectivity index (χ0) is 27.4. The van der Waals surface area contributed by atoms with Gasteiger partial charge >= 0.3 is 0 Å². The van der Waals surface area contributed by atoms with Gasteiger partial charge in [0.2, 0.25) is 0 Å². The number of hydrogen-bond acceptors (Lipinski definition) is 6. The Hall–Kier alpha value is -4.10. The zero-order valence-corrected chi connectivity index (χ0v) is 22.5. The monoisotopic (exact) mass is 514 g/mol. The third-order valence-corrected chi connectivity index (χ3v) is 6.77. The van der Waals surface area contributed by atoms with Crippen LogP contribution in [-0.2, 0) is 16.2 Å². The number of hydrogen-bond donors (Lipinski definition) is 1. The van der Waals surface area contributed by atoms with E-state index in [2.05, 4.69) is 0 Å². The fraction of sp³-hybridized carbons (Fsp3) is 0.290. The van der Waals surface area contributed by atoms with Gasteiger partial charge in [-0.1, -0.05) is 42.5 Å². The summed E-state index contributed by atoms with van der Waals surface area (Å²) in [6.45, 7) is 5.05. The Labute approximate surface area is 223 Å². The molecule has 1 aliphatic rings. The molecule has 0 bridgehead atoms. The number of benzene rings is 3. The number of nitrogens with zero attached hydrogens (tertiary/aromatic N) is 2. The summed E-state index contributed by atoms with van der Waals surface area (Å²) in [5, 5.41) is 11.5. The van der Waals surface area contributed by atoms with Gasteiger partial charge in [0.25, 0.3) is 11.7 Å². The van der Waals surface area contributed by atoms with Crippen LogP contribution < -0.4 is 9.47 Å². The van der Waals surface area contributed by atoms with E-state index < -0.39 is 17.7 Å². The van der Waals surface area contributed by atoms with E-state index in [0.29, 0.717) is 36.8 Å². The third kappa shape index (κ3) is 5.58. The summed E-state index contributed by atoms with van der Waals surface area (Å²) in [6.07, 6.45) is 0. The average Bonchev–Trinajstić information content (AvgIpc) is 3.17. The van der Waals surface area contributed by atoms with E-state index in [1.807, 2.05) is 93.5 Å². The Bertz CT molecular complexity index is 1350. The van der Waals surface area contributed by atoms with E-state index in [1.165, 1.54) is 0 Å². The minimum Gasteiger partial charge on any atom is -0.507 e. The third-order valence-electron chi connectivity index (χ3n) is 6.77. The molecular formula is C31H34N2O5. The maximum absolute atomic E-state index is 13.3. The molecule has 4 rings (SSSR count). The number of aryl methyl sites for hydroxylation is 2. The summed E-state index contributed by atoms with van der Waals surface area (Å²) in [4.78, 5) is 30.0. The van der Waals surface area contributed by atoms with Crippen LogP contribution in [-0.4, -0.2) is 60.9 Å². The average molecular weight is 515 g/mol. The number of Topliss-reactive ketones (excluding diaryl/α,β-unsaturated/α-hetero) is 1. The molecule has 1 saturated heterocycles. The van der Waals surface area contributed by atoms with Crippen molar-refractivity contribution < 1.29 is 24.2 Å². The first-order chi connectivity index (χ1) is 18.2. The van der Waals surface area contributed by atoms with Gasteiger partial charge in [-0.15, -0.1) is 0 Å². The van der Waals surface area contributed by atoms with Gasteiger partial charge in [-0.2, -0.15) is 0 Å². The molecule has 3 aromatic carbocycles. The first-order valence-electron chi connectivity index (χ1n) is 12.6. The summed E-state index contributed by atoms with van der Waals surface area (Å²) >= 11 is 0. The predicted octanol–water partition coefficient (Wildman–Crippen LogP) is 4.87. The van der Waals surface area contributed by atoms with Crippen LogP contribution in [0.25, 0.3) is 5.76 Å². The van der Waals surface area contributed by atoms with Crippen molar-refractivity contribution in [3.05, 3.63) is 100 Å². The second kappa shape index (κ2) is 11.5. The number of ether oxygens (including phenoxy) is 2. The lowest BCUT2D eigenvalue weighted by Crippen LogP contribution is -2.35. The fourth-order valence-corrected chi connectivity index (χ4v) is 4.66. The Morgan fingerprint density at radius 2 is 1.66 bits per heavy atom. The van der Waals surface area contributed by atoms with Crippen molar-refractivity contribution in [3.63, 3.8) is 0 Å². The number of carbonyl (C=O) groups excluding carboxylic acids is 2. The van der Waals surface area contributed by atoms with E-state index in [4.69, 9.17) is 9.47 Å². The summed E-state index contributed by atoms with van der Waals surface area (Å²) < 4.78 is 11.3. The van der Waals surface area contributed by atoms with Crippen molar-refractivity contribution in [1.29, 1.82) is 0 Å². The van der Waals surface area contributed by atoms with Gasteiger partial charge < -0.3 is 24.4 Å². The number of amides is 1. The van der Waals surface area contributed by atoms with Gasteiger partial charge in [0, 0.05) is 18.7 Å². The molecule has 7 heteroatoms. The molecule has 7 nitrogen and oxygen atoms in total. The number of ketones is 1. The highest BCUT2D eigenvalue weighted by molar-refractivity contribution is 6.46. The smallest absolute Gasteiger partial charge is 0.295 e. The normalized spacial score (nSPS) is 16.8. The van der Waals surface area contributed by atoms with Crippen LogP contribution in [0.15, 0.2) is 72.3 Å². The number of methoxy groups -OCH3 is 1. The van der Waals surface area contributed by atoms with E-state index in [-0.39, 0.29) is 11.3 Å². The summed E-state index contributed by atoms with van der Waals surface area (Å²) in [6, 6.07) is 20.1. The van der Waals surface area contributed by atoms with Crippen molar-refractivity contribution in [2.45, 2.75) is 26.5 Å². The van der Waals surface area contributed by atoms with Gasteiger partial charge in [-0.3, -0.25) is 9.59 Å². The molecule has 1 aliphatic heterocycles. The molecule has 0 aromatic heterocycles. The van der Waals surface area contributed by atoms with Crippen molar-refractivity contribution in [3.8, 4) is 11.5 Å². The zero-order valence-electron chi connectivity index (χ0n) is 22.5. The van der Waals surface area contributed by atoms with Crippen LogP contribution in [0.5, 0.6) is 11.5 Å². The molecule has 0 spiro atoms. The topological polar surface area (TPSA) is 79.3 Å². The summed E-state index contributed by atoms with van der Waals surface area (Å²) in [5.41, 5.74) is 3.92. The quantitative estimate of drug-likeness (QED) is 0.249. The molecule has 0 aliphatic carbocycles. The highest BCUT2D eigenvalue weighted by Gasteiger charge is 2.46. The predicted molar refractivity (Wildman–Crippen MR) is 147 cm³/mol. The van der Waals surface area contributed by atoms with Crippen LogP contribution in [0.4, 0.5) is 0 Å². The molecule has 1 atom stereocenters. The minimum absolute atomic E-state index is 0.0828. The van der Waals surface area contributed by atoms with E-state index in [9.17, 15) is 14.7 Å². The van der Waals surface area contributed by atoms with Crippen LogP contribution in [0, 0.1) is 13.8 Å². The molecule has 1 heterocycles. The first-order valence-corrected chi connectivity index (χ1v) is 12.6. The van der Waals surface area contributed by atoms with E-state index >= 15 is 0 Å². The number of likely N-dealkylation sites (tertiary alicyclic amines) is 1. The highest BCUT2D eigenvalue weighted by Crippen LogP contribution is 2.41. The summed E-state index contributed by atoms with van der Waals surface area (Å²) in [5.74, 6) is -0.139. The van der Waals surface area contributed by atoms with Crippen molar-refractivity contribution in [2.75, 3.05) is 34.3 Å². The standard InChI is InChI=1S/C31H34N2O5/c1-20-18-26(37-5)21(2)17-25(20)29(34)27-28(33(16-15-32(3)4)31(36)30(27)35)23-11-13-24(14-12-23)38-19-22-9-7-6-8-10-22/h6-14,17-18,28,34H,15-16,19H2,1-5H3/b29-27+. The van der Waals surface area contributed by atoms with Gasteiger partial charge in [0.15, 0.2) is 0 Å². The molecule has 0 radical (unpaired) electrons. The molecule has 198 valence electrons. The molecule has 1 amide bonds. The summed E-state index contributed by atoms with van der Waals surface area (Å²) in [7, 11) is 5.41. The van der Waals surface area contributed by atoms with Crippen LogP contribution >= 0.6 is 0 Å². The Balaban J connectivity index is 1.73. The van der Waals surface area contributed by atoms with Crippen LogP contribution in [0.3, 0.4) is 0 Å². The fourth-order valence-electron chi connectivity index (χ4n) is 4.66. The molecule has 1 N–H and O–H groups in total. The Kier molecular flexibility index (Phi) is 8.17. The van der Waals surface area contributed by atoms with E-state index in [0.717, 1.165) is 22.3 Å². The number of rotatable bonds is 9. The second-order valence-electron chi connectivity index (χ2n) is 9.78. The lowest BCUT2D eigenvalue weighted by Gasteiger charge is -2.27. The molecule has 1 unspecified atom stereocenters. The van der Waals surface area contributed by atoms with Crippen LogP contribution in [0.2, 0.25) is 0 Å². The van der Waals surface area contributed by atoms with Crippen LogP contribution in [0.1, 0.15) is 33.9 Å². The Morgan fingerprint density at radius 3 is 2.29 bits per heavy atom. The maximum Gasteiger partial charge on any atom is 0.295 e. The molecule has 1 fully saturated rings. The van der Waals surface area contributed by atoms with Gasteiger partial charge in [0.1, 0.15) is 23.9 Å². The molecule has 3 aromatic rings. The van der Waals surface area contributed by atoms with Crippen molar-refractivity contribution >= 4 is 17.4 Å². The molecule has 0 saturated carbocycles. The van der Waals surface area contributed by atoms with Gasteiger partial charge in [-0.25, -0.2) is 0 Å². The highest BCUT2D eigenvalue weighted by atomic mass is 16.5. The van der Waals surface area contributed by atoms with Crippen molar-refractivity contribution in [1.82, 2.24) is 9.80 Å². The largest absolute Gasteiger partial charge is 0.507 e. The molecular weight excluding hydrogens is 480 g/mol. The Morgan fingerprint density at radius 1 is 0.974 bits per heavy atom. The maximum atomic E-state index is 13.3. The second-order valence-corrected chi connectivity index (χ2v) is 9.78. The lowest BCUT2D eigenvalue weighted by molar-refractivity contribution is -0.140. The minimum atomic E-state index is -0.722. The first kappa shape index (κ1) is 26.9. The SMILES string of the molecule is COc1cc(C)c(/C(O)=C2\C(=O)C(=O)N(CCN(C)C)C2c2ccc(OCc3ccccc3)cc2)cc1C. The lowest BCUT2D eigenvalue weighted by atomic mass is 9.93. The number of carbonyl (C=O) groups is 2. The van der Waals surface area contributed by atoms with Crippen molar-refractivity contribution in [2.24, 2.45) is 0 Å². The van der Waals surface area contributed by atoms with Gasteiger partial charge in [-0.05, 0) is 74.5 Å². The number of aliphatic hydroxyl groups is 1. The molecule has 38 heavy (non-hydrogen) atoms.